The predicted octanol–water partition coefficient (Wildman–Crippen LogP) is 4.26. The van der Waals surface area contributed by atoms with E-state index in [9.17, 15) is 18.0 Å². The SMILES string of the molecule is Cc1nc2cnc(C(=O)Nc3ccc4c(c3)nnn4C)cn2c1-c1ccc(C(F)(F)F)cc1. The minimum Gasteiger partial charge on any atom is -0.321 e. The van der Waals surface area contributed by atoms with Gasteiger partial charge in [-0.25, -0.2) is 14.6 Å². The zero-order valence-electron chi connectivity index (χ0n) is 17.4. The molecule has 0 saturated carbocycles. The summed E-state index contributed by atoms with van der Waals surface area (Å²) in [4.78, 5) is 21.4. The molecule has 0 fully saturated rings. The standard InChI is InChI=1S/C22H16F3N7O/c1-12-20(13-3-5-14(6-4-13)22(23,24)25)32-11-17(26-10-19(32)27-12)21(33)28-15-7-8-18-16(9-15)29-30-31(18)2/h3-11H,1-2H3,(H,28,33). The van der Waals surface area contributed by atoms with E-state index in [0.717, 1.165) is 17.6 Å². The van der Waals surface area contributed by atoms with Crippen molar-refractivity contribution in [1.29, 1.82) is 0 Å². The van der Waals surface area contributed by atoms with Crippen LogP contribution < -0.4 is 5.32 Å². The number of anilines is 1. The third kappa shape index (κ3) is 3.67. The van der Waals surface area contributed by atoms with E-state index in [2.05, 4.69) is 25.6 Å². The Morgan fingerprint density at radius 1 is 1.09 bits per heavy atom. The van der Waals surface area contributed by atoms with Crippen LogP contribution in [0.5, 0.6) is 0 Å². The van der Waals surface area contributed by atoms with Gasteiger partial charge < -0.3 is 5.32 Å². The van der Waals surface area contributed by atoms with Gasteiger partial charge in [0.15, 0.2) is 5.65 Å². The van der Waals surface area contributed by atoms with Gasteiger partial charge in [0.2, 0.25) is 0 Å². The number of halogens is 3. The summed E-state index contributed by atoms with van der Waals surface area (Å²) in [5, 5.41) is 10.7. The van der Waals surface area contributed by atoms with Crippen LogP contribution in [0.2, 0.25) is 0 Å². The molecule has 5 rings (SSSR count). The molecule has 0 radical (unpaired) electrons. The number of nitrogens with one attached hydrogen (secondary N) is 1. The maximum Gasteiger partial charge on any atom is 0.416 e. The fraction of sp³-hybridized carbons (Fsp3) is 0.136. The van der Waals surface area contributed by atoms with Crippen LogP contribution in [0.3, 0.4) is 0 Å². The number of carbonyl (C=O) groups excluding carboxylic acids is 1. The number of benzene rings is 2. The molecule has 0 aliphatic rings. The van der Waals surface area contributed by atoms with Crippen LogP contribution in [0.4, 0.5) is 18.9 Å². The minimum absolute atomic E-state index is 0.118. The van der Waals surface area contributed by atoms with E-state index in [1.54, 1.807) is 41.3 Å². The Labute approximate surface area is 184 Å². The minimum atomic E-state index is -4.42. The van der Waals surface area contributed by atoms with E-state index in [1.807, 2.05) is 0 Å². The summed E-state index contributed by atoms with van der Waals surface area (Å²) in [7, 11) is 1.77. The second kappa shape index (κ2) is 7.40. The number of rotatable bonds is 3. The lowest BCUT2D eigenvalue weighted by atomic mass is 10.1. The number of hydrogen-bond acceptors (Lipinski definition) is 5. The molecule has 166 valence electrons. The largest absolute Gasteiger partial charge is 0.416 e. The van der Waals surface area contributed by atoms with Crippen LogP contribution in [0.25, 0.3) is 27.9 Å². The lowest BCUT2D eigenvalue weighted by molar-refractivity contribution is -0.137. The molecule has 3 heterocycles. The second-order valence-corrected chi connectivity index (χ2v) is 7.49. The molecule has 1 amide bonds. The summed E-state index contributed by atoms with van der Waals surface area (Å²) in [6.45, 7) is 1.75. The Morgan fingerprint density at radius 3 is 2.58 bits per heavy atom. The summed E-state index contributed by atoms with van der Waals surface area (Å²) in [5.41, 5.74) is 3.56. The van der Waals surface area contributed by atoms with Gasteiger partial charge in [0.05, 0.1) is 28.7 Å². The van der Waals surface area contributed by atoms with Crippen LogP contribution in [-0.4, -0.2) is 35.3 Å². The van der Waals surface area contributed by atoms with Crippen molar-refractivity contribution >= 4 is 28.3 Å². The molecule has 0 saturated heterocycles. The lowest BCUT2D eigenvalue weighted by Gasteiger charge is -2.09. The fourth-order valence-electron chi connectivity index (χ4n) is 3.67. The van der Waals surface area contributed by atoms with Gasteiger partial charge in [0, 0.05) is 24.5 Å². The van der Waals surface area contributed by atoms with Gasteiger partial charge in [-0.2, -0.15) is 13.2 Å². The van der Waals surface area contributed by atoms with Crippen molar-refractivity contribution in [3.63, 3.8) is 0 Å². The molecule has 5 aromatic rings. The normalized spacial score (nSPS) is 11.9. The van der Waals surface area contributed by atoms with Gasteiger partial charge in [-0.1, -0.05) is 17.3 Å². The summed E-state index contributed by atoms with van der Waals surface area (Å²) >= 11 is 0. The molecule has 0 atom stereocenters. The van der Waals surface area contributed by atoms with Crippen LogP contribution in [0.15, 0.2) is 54.9 Å². The highest BCUT2D eigenvalue weighted by molar-refractivity contribution is 6.03. The van der Waals surface area contributed by atoms with Gasteiger partial charge in [0.25, 0.3) is 5.91 Å². The number of aryl methyl sites for hydroxylation is 2. The van der Waals surface area contributed by atoms with E-state index < -0.39 is 17.6 Å². The Kier molecular flexibility index (Phi) is 4.62. The van der Waals surface area contributed by atoms with Crippen molar-refractivity contribution in [2.75, 3.05) is 5.32 Å². The van der Waals surface area contributed by atoms with E-state index in [0.29, 0.717) is 33.8 Å². The molecule has 0 spiro atoms. The summed E-state index contributed by atoms with van der Waals surface area (Å²) < 4.78 is 42.0. The number of hydrogen-bond donors (Lipinski definition) is 1. The van der Waals surface area contributed by atoms with Crippen molar-refractivity contribution in [2.24, 2.45) is 7.05 Å². The van der Waals surface area contributed by atoms with Crippen LogP contribution in [0.1, 0.15) is 21.7 Å². The average Bonchev–Trinajstić information content (AvgIpc) is 3.31. The first-order chi connectivity index (χ1) is 15.7. The Morgan fingerprint density at radius 2 is 1.85 bits per heavy atom. The van der Waals surface area contributed by atoms with E-state index in [4.69, 9.17) is 0 Å². The summed E-state index contributed by atoms with van der Waals surface area (Å²) in [5.74, 6) is -0.454. The smallest absolute Gasteiger partial charge is 0.321 e. The summed E-state index contributed by atoms with van der Waals surface area (Å²) in [6, 6.07) is 10.0. The monoisotopic (exact) mass is 451 g/mol. The third-order valence-electron chi connectivity index (χ3n) is 5.27. The molecule has 0 unspecified atom stereocenters. The van der Waals surface area contributed by atoms with Crippen molar-refractivity contribution in [2.45, 2.75) is 13.1 Å². The van der Waals surface area contributed by atoms with Crippen molar-refractivity contribution in [3.8, 4) is 11.3 Å². The Balaban J connectivity index is 1.49. The molecular formula is C22H16F3N7O. The highest BCUT2D eigenvalue weighted by Crippen LogP contribution is 2.32. The fourth-order valence-corrected chi connectivity index (χ4v) is 3.67. The van der Waals surface area contributed by atoms with Crippen LogP contribution in [0, 0.1) is 6.92 Å². The van der Waals surface area contributed by atoms with Gasteiger partial charge in [-0.15, -0.1) is 5.10 Å². The number of carbonyl (C=O) groups is 1. The first-order valence-corrected chi connectivity index (χ1v) is 9.84. The van der Waals surface area contributed by atoms with Gasteiger partial charge in [-0.05, 0) is 37.3 Å². The third-order valence-corrected chi connectivity index (χ3v) is 5.27. The first kappa shape index (κ1) is 20.6. The molecule has 11 heteroatoms. The van der Waals surface area contributed by atoms with Gasteiger partial charge in [-0.3, -0.25) is 9.20 Å². The number of imidazole rings is 1. The Bertz CT molecular complexity index is 1520. The zero-order valence-corrected chi connectivity index (χ0v) is 17.4. The van der Waals surface area contributed by atoms with Crippen LogP contribution in [-0.2, 0) is 13.2 Å². The van der Waals surface area contributed by atoms with Gasteiger partial charge >= 0.3 is 6.18 Å². The second-order valence-electron chi connectivity index (χ2n) is 7.49. The van der Waals surface area contributed by atoms with Crippen molar-refractivity contribution in [3.05, 3.63) is 71.8 Å². The summed E-state index contributed by atoms with van der Waals surface area (Å²) in [6.07, 6.45) is -1.46. The molecule has 0 bridgehead atoms. The van der Waals surface area contributed by atoms with E-state index in [-0.39, 0.29) is 5.69 Å². The topological polar surface area (TPSA) is 90.0 Å². The quantitative estimate of drug-likeness (QED) is 0.443. The van der Waals surface area contributed by atoms with E-state index in [1.165, 1.54) is 24.5 Å². The molecule has 33 heavy (non-hydrogen) atoms. The number of nitrogens with zero attached hydrogens (tertiary/aromatic N) is 6. The highest BCUT2D eigenvalue weighted by atomic mass is 19.4. The maximum absolute atomic E-state index is 12.9. The number of aromatic nitrogens is 6. The first-order valence-electron chi connectivity index (χ1n) is 9.84. The number of amides is 1. The lowest BCUT2D eigenvalue weighted by Crippen LogP contribution is -2.14. The highest BCUT2D eigenvalue weighted by Gasteiger charge is 2.30. The molecule has 3 aromatic heterocycles. The van der Waals surface area contributed by atoms with Gasteiger partial charge in [0.1, 0.15) is 11.2 Å². The van der Waals surface area contributed by atoms with E-state index >= 15 is 0 Å². The molecular weight excluding hydrogens is 435 g/mol. The van der Waals surface area contributed by atoms with Crippen molar-refractivity contribution < 1.29 is 18.0 Å². The maximum atomic E-state index is 12.9. The average molecular weight is 451 g/mol. The number of fused-ring (bicyclic) bond motifs is 2. The molecule has 0 aliphatic heterocycles. The van der Waals surface area contributed by atoms with Crippen LogP contribution >= 0.6 is 0 Å². The molecule has 1 N–H and O–H groups in total. The number of alkyl halides is 3. The molecule has 0 aliphatic carbocycles. The predicted molar refractivity (Wildman–Crippen MR) is 115 cm³/mol. The van der Waals surface area contributed by atoms with Crippen molar-refractivity contribution in [1.82, 2.24) is 29.4 Å². The zero-order chi connectivity index (χ0) is 23.3. The Hall–Kier alpha value is -4.28. The molecule has 8 nitrogen and oxygen atoms in total. The molecule has 2 aromatic carbocycles.